The van der Waals surface area contributed by atoms with Crippen LogP contribution >= 0.6 is 0 Å². The van der Waals surface area contributed by atoms with E-state index in [1.165, 1.54) is 38.5 Å². The van der Waals surface area contributed by atoms with Gasteiger partial charge in [0.25, 0.3) is 0 Å². The Morgan fingerprint density at radius 2 is 1.94 bits per heavy atom. The van der Waals surface area contributed by atoms with Gasteiger partial charge in [0.15, 0.2) is 0 Å². The van der Waals surface area contributed by atoms with Gasteiger partial charge in [0.2, 0.25) is 0 Å². The topological polar surface area (TPSA) is 33.3 Å². The van der Waals surface area contributed by atoms with Crippen LogP contribution in [0.2, 0.25) is 0 Å². The van der Waals surface area contributed by atoms with Gasteiger partial charge in [-0.1, -0.05) is 13.3 Å². The van der Waals surface area contributed by atoms with Crippen molar-refractivity contribution in [2.24, 2.45) is 5.92 Å². The molecule has 92 valence electrons. The third-order valence-electron chi connectivity index (χ3n) is 4.82. The molecule has 2 aliphatic heterocycles. The van der Waals surface area contributed by atoms with E-state index in [9.17, 15) is 0 Å². The molecule has 0 atom stereocenters. The van der Waals surface area contributed by atoms with Gasteiger partial charge in [0, 0.05) is 19.6 Å². The Balaban J connectivity index is 1.65. The fourth-order valence-corrected chi connectivity index (χ4v) is 3.50. The molecule has 0 radical (unpaired) electrons. The predicted molar refractivity (Wildman–Crippen MR) is 64.3 cm³/mol. The van der Waals surface area contributed by atoms with E-state index in [1.807, 2.05) is 0 Å². The van der Waals surface area contributed by atoms with Crippen LogP contribution in [0, 0.1) is 5.92 Å². The Kier molecular flexibility index (Phi) is 2.73. The second kappa shape index (κ2) is 3.97. The van der Waals surface area contributed by atoms with Gasteiger partial charge in [-0.25, -0.2) is 0 Å². The molecule has 0 amide bonds. The molecule has 0 aromatic rings. The van der Waals surface area contributed by atoms with Crippen molar-refractivity contribution < 1.29 is 4.74 Å². The summed E-state index contributed by atoms with van der Waals surface area (Å²) in [6, 6.07) is 0. The third-order valence-corrected chi connectivity index (χ3v) is 4.82. The summed E-state index contributed by atoms with van der Waals surface area (Å²) in [6.45, 7) is 5.58. The second-order valence-electron chi connectivity index (χ2n) is 5.91. The lowest BCUT2D eigenvalue weighted by molar-refractivity contribution is -0.232. The van der Waals surface area contributed by atoms with E-state index in [4.69, 9.17) is 4.74 Å². The summed E-state index contributed by atoms with van der Waals surface area (Å²) in [6.07, 6.45) is 7.63. The lowest BCUT2D eigenvalue weighted by Gasteiger charge is -2.55. The largest absolute Gasteiger partial charge is 0.351 e. The first-order chi connectivity index (χ1) is 7.76. The lowest BCUT2D eigenvalue weighted by Crippen LogP contribution is -2.71. The highest BCUT2D eigenvalue weighted by molar-refractivity contribution is 5.02. The summed E-state index contributed by atoms with van der Waals surface area (Å²) in [5.74, 6) is 0.938. The number of hydrogen-bond acceptors (Lipinski definition) is 3. The van der Waals surface area contributed by atoms with E-state index in [2.05, 4.69) is 17.6 Å². The average Bonchev–Trinajstić information content (AvgIpc) is 2.28. The molecule has 3 heteroatoms. The maximum Gasteiger partial charge on any atom is 0.120 e. The molecule has 1 aliphatic carbocycles. The van der Waals surface area contributed by atoms with Crippen molar-refractivity contribution in [3.8, 4) is 0 Å². The van der Waals surface area contributed by atoms with Crippen LogP contribution in [0.5, 0.6) is 0 Å². The highest BCUT2D eigenvalue weighted by Gasteiger charge is 2.49. The van der Waals surface area contributed by atoms with Crippen molar-refractivity contribution in [1.82, 2.24) is 10.6 Å². The molecule has 16 heavy (non-hydrogen) atoms. The Morgan fingerprint density at radius 3 is 2.50 bits per heavy atom. The first kappa shape index (κ1) is 11.0. The number of rotatable bonds is 1. The quantitative estimate of drug-likeness (QED) is 0.710. The molecule has 0 aromatic heterocycles. The predicted octanol–water partition coefficient (Wildman–Crippen LogP) is 1.63. The Bertz CT molecular complexity index is 255. The molecular formula is C13H24N2O. The van der Waals surface area contributed by atoms with E-state index >= 15 is 0 Å². The molecule has 3 rings (SSSR count). The molecule has 2 saturated heterocycles. The molecule has 1 saturated carbocycles. The fraction of sp³-hybridized carbons (Fsp3) is 1.00. The van der Waals surface area contributed by atoms with Crippen LogP contribution in [0.4, 0.5) is 0 Å². The van der Waals surface area contributed by atoms with Crippen molar-refractivity contribution in [2.45, 2.75) is 56.8 Å². The van der Waals surface area contributed by atoms with Gasteiger partial charge in [-0.15, -0.1) is 0 Å². The van der Waals surface area contributed by atoms with Crippen molar-refractivity contribution in [1.29, 1.82) is 0 Å². The monoisotopic (exact) mass is 224 g/mol. The van der Waals surface area contributed by atoms with E-state index in [0.29, 0.717) is 0 Å². The third kappa shape index (κ3) is 1.79. The van der Waals surface area contributed by atoms with Gasteiger partial charge in [0.1, 0.15) is 5.72 Å². The van der Waals surface area contributed by atoms with Crippen LogP contribution in [-0.2, 0) is 4.74 Å². The summed E-state index contributed by atoms with van der Waals surface area (Å²) in [7, 11) is 0. The zero-order chi connectivity index (χ0) is 11.1. The van der Waals surface area contributed by atoms with Gasteiger partial charge in [0.05, 0.1) is 5.60 Å². The maximum absolute atomic E-state index is 6.46. The van der Waals surface area contributed by atoms with Crippen LogP contribution in [0.3, 0.4) is 0 Å². The van der Waals surface area contributed by atoms with Crippen LogP contribution in [-0.4, -0.2) is 31.0 Å². The SMILES string of the molecule is CCC1CCC2(CC1)NCCC1(CNC1)O2. The molecule has 2 spiro atoms. The van der Waals surface area contributed by atoms with Crippen molar-refractivity contribution in [3.63, 3.8) is 0 Å². The molecule has 0 aromatic carbocycles. The molecular weight excluding hydrogens is 200 g/mol. The Hall–Kier alpha value is -0.120. The minimum atomic E-state index is 0.0337. The first-order valence-electron chi connectivity index (χ1n) is 6.92. The standard InChI is InChI=1S/C13H24N2O/c1-2-11-3-5-13(6-4-11)15-8-7-12(16-13)9-14-10-12/h11,14-15H,2-10H2,1H3. The van der Waals surface area contributed by atoms with E-state index in [1.54, 1.807) is 0 Å². The van der Waals surface area contributed by atoms with Crippen LogP contribution in [0.15, 0.2) is 0 Å². The Labute approximate surface area is 98.3 Å². The Morgan fingerprint density at radius 1 is 1.19 bits per heavy atom. The van der Waals surface area contributed by atoms with Crippen LogP contribution in [0.25, 0.3) is 0 Å². The molecule has 3 nitrogen and oxygen atoms in total. The maximum atomic E-state index is 6.46. The highest BCUT2D eigenvalue weighted by atomic mass is 16.5. The molecule has 2 N–H and O–H groups in total. The number of hydrogen-bond donors (Lipinski definition) is 2. The lowest BCUT2D eigenvalue weighted by atomic mass is 9.79. The van der Waals surface area contributed by atoms with Gasteiger partial charge in [-0.2, -0.15) is 0 Å². The van der Waals surface area contributed by atoms with Gasteiger partial charge < -0.3 is 10.1 Å². The smallest absolute Gasteiger partial charge is 0.120 e. The van der Waals surface area contributed by atoms with Crippen molar-refractivity contribution in [3.05, 3.63) is 0 Å². The van der Waals surface area contributed by atoms with Gasteiger partial charge in [-0.3, -0.25) is 5.32 Å². The summed E-state index contributed by atoms with van der Waals surface area (Å²) >= 11 is 0. The van der Waals surface area contributed by atoms with Gasteiger partial charge in [-0.05, 0) is 38.0 Å². The normalized spacial score (nSPS) is 42.2. The fourth-order valence-electron chi connectivity index (χ4n) is 3.50. The zero-order valence-corrected chi connectivity index (χ0v) is 10.3. The molecule has 0 unspecified atom stereocenters. The summed E-state index contributed by atoms with van der Waals surface area (Å²) in [5, 5.41) is 7.01. The summed E-state index contributed by atoms with van der Waals surface area (Å²) < 4.78 is 6.46. The van der Waals surface area contributed by atoms with Crippen molar-refractivity contribution in [2.75, 3.05) is 19.6 Å². The molecule has 3 aliphatic rings. The van der Waals surface area contributed by atoms with Crippen LogP contribution < -0.4 is 10.6 Å². The minimum Gasteiger partial charge on any atom is -0.351 e. The molecule has 2 heterocycles. The van der Waals surface area contributed by atoms with E-state index < -0.39 is 0 Å². The van der Waals surface area contributed by atoms with E-state index in [-0.39, 0.29) is 11.3 Å². The zero-order valence-electron chi connectivity index (χ0n) is 10.3. The summed E-state index contributed by atoms with van der Waals surface area (Å²) in [5.41, 5.74) is 0.219. The first-order valence-corrected chi connectivity index (χ1v) is 6.92. The minimum absolute atomic E-state index is 0.0337. The molecule has 0 bridgehead atoms. The van der Waals surface area contributed by atoms with Crippen LogP contribution in [0.1, 0.15) is 45.4 Å². The van der Waals surface area contributed by atoms with Gasteiger partial charge >= 0.3 is 0 Å². The summed E-state index contributed by atoms with van der Waals surface area (Å²) in [4.78, 5) is 0. The number of nitrogens with one attached hydrogen (secondary N) is 2. The second-order valence-corrected chi connectivity index (χ2v) is 5.91. The van der Waals surface area contributed by atoms with Crippen molar-refractivity contribution >= 4 is 0 Å². The highest BCUT2D eigenvalue weighted by Crippen LogP contribution is 2.41. The molecule has 3 fully saturated rings. The van der Waals surface area contributed by atoms with E-state index in [0.717, 1.165) is 25.6 Å². The number of ether oxygens (including phenoxy) is 1. The average molecular weight is 224 g/mol.